The lowest BCUT2D eigenvalue weighted by molar-refractivity contribution is 0.0575. The van der Waals surface area contributed by atoms with Gasteiger partial charge in [-0.1, -0.05) is 48.5 Å². The van der Waals surface area contributed by atoms with E-state index in [1.165, 1.54) is 22.3 Å². The van der Waals surface area contributed by atoms with E-state index in [1.807, 2.05) is 0 Å². The van der Waals surface area contributed by atoms with E-state index in [2.05, 4.69) is 48.5 Å². The van der Waals surface area contributed by atoms with Gasteiger partial charge in [0.25, 0.3) is 0 Å². The molecule has 3 heteroatoms. The third-order valence-corrected chi connectivity index (χ3v) is 4.34. The SMILES string of the molecule is COCCOCC[C](OC)C1c2ccccc2-c2ccccc21. The van der Waals surface area contributed by atoms with Gasteiger partial charge in [-0.05, 0) is 22.3 Å². The maximum absolute atomic E-state index is 5.76. The number of hydrogen-bond donors (Lipinski definition) is 0. The van der Waals surface area contributed by atoms with Gasteiger partial charge in [0.2, 0.25) is 0 Å². The molecule has 1 aliphatic rings. The van der Waals surface area contributed by atoms with Crippen LogP contribution < -0.4 is 0 Å². The van der Waals surface area contributed by atoms with Gasteiger partial charge in [0.05, 0.1) is 13.2 Å². The highest BCUT2D eigenvalue weighted by Crippen LogP contribution is 2.49. The van der Waals surface area contributed by atoms with Gasteiger partial charge >= 0.3 is 0 Å². The van der Waals surface area contributed by atoms with Crippen LogP contribution in [-0.2, 0) is 14.2 Å². The summed E-state index contributed by atoms with van der Waals surface area (Å²) in [5, 5.41) is 0. The maximum Gasteiger partial charge on any atom is 0.111 e. The van der Waals surface area contributed by atoms with Crippen molar-refractivity contribution in [2.24, 2.45) is 0 Å². The van der Waals surface area contributed by atoms with E-state index >= 15 is 0 Å². The fourth-order valence-electron chi connectivity index (χ4n) is 3.28. The first-order valence-electron chi connectivity index (χ1n) is 8.01. The molecule has 121 valence electrons. The Balaban J connectivity index is 1.80. The zero-order valence-electron chi connectivity index (χ0n) is 13.7. The molecule has 3 nitrogen and oxygen atoms in total. The normalized spacial score (nSPS) is 13.3. The van der Waals surface area contributed by atoms with E-state index in [0.717, 1.165) is 12.5 Å². The Labute approximate surface area is 138 Å². The summed E-state index contributed by atoms with van der Waals surface area (Å²) in [6.45, 7) is 1.89. The first-order valence-corrected chi connectivity index (χ1v) is 8.01. The molecule has 0 aromatic heterocycles. The Morgan fingerprint density at radius 1 is 0.826 bits per heavy atom. The largest absolute Gasteiger partial charge is 0.382 e. The monoisotopic (exact) mass is 311 g/mol. The Morgan fingerprint density at radius 2 is 1.43 bits per heavy atom. The van der Waals surface area contributed by atoms with Gasteiger partial charge < -0.3 is 14.2 Å². The Bertz CT molecular complexity index is 593. The lowest BCUT2D eigenvalue weighted by Crippen LogP contribution is -2.15. The number of fused-ring (bicyclic) bond motifs is 3. The van der Waals surface area contributed by atoms with E-state index in [1.54, 1.807) is 14.2 Å². The fraction of sp³-hybridized carbons (Fsp3) is 0.350. The van der Waals surface area contributed by atoms with E-state index < -0.39 is 0 Å². The van der Waals surface area contributed by atoms with E-state index in [4.69, 9.17) is 14.2 Å². The van der Waals surface area contributed by atoms with Crippen molar-refractivity contribution in [2.45, 2.75) is 12.3 Å². The average Bonchev–Trinajstić information content (AvgIpc) is 2.93. The van der Waals surface area contributed by atoms with Gasteiger partial charge in [-0.2, -0.15) is 0 Å². The summed E-state index contributed by atoms with van der Waals surface area (Å²) in [6, 6.07) is 17.2. The van der Waals surface area contributed by atoms with Crippen molar-refractivity contribution in [3.8, 4) is 11.1 Å². The van der Waals surface area contributed by atoms with Gasteiger partial charge in [0.15, 0.2) is 0 Å². The molecule has 0 amide bonds. The van der Waals surface area contributed by atoms with E-state index in [9.17, 15) is 0 Å². The molecule has 0 bridgehead atoms. The Morgan fingerprint density at radius 3 is 2.00 bits per heavy atom. The van der Waals surface area contributed by atoms with Crippen molar-refractivity contribution in [1.82, 2.24) is 0 Å². The smallest absolute Gasteiger partial charge is 0.111 e. The van der Waals surface area contributed by atoms with Crippen LogP contribution >= 0.6 is 0 Å². The summed E-state index contributed by atoms with van der Waals surface area (Å²) in [5.74, 6) is 0.193. The third kappa shape index (κ3) is 3.32. The number of hydrogen-bond acceptors (Lipinski definition) is 3. The maximum atomic E-state index is 5.76. The second-order valence-electron chi connectivity index (χ2n) is 5.63. The van der Waals surface area contributed by atoms with Crippen LogP contribution in [0.25, 0.3) is 11.1 Å². The molecule has 0 saturated heterocycles. The van der Waals surface area contributed by atoms with E-state index in [-0.39, 0.29) is 5.92 Å². The predicted octanol–water partition coefficient (Wildman–Crippen LogP) is 4.03. The van der Waals surface area contributed by atoms with Gasteiger partial charge in [-0.15, -0.1) is 0 Å². The van der Waals surface area contributed by atoms with Gasteiger partial charge in [-0.25, -0.2) is 0 Å². The topological polar surface area (TPSA) is 27.7 Å². The predicted molar refractivity (Wildman–Crippen MR) is 91.3 cm³/mol. The zero-order valence-corrected chi connectivity index (χ0v) is 13.7. The highest BCUT2D eigenvalue weighted by Gasteiger charge is 2.34. The first kappa shape index (κ1) is 16.2. The molecule has 0 heterocycles. The second-order valence-corrected chi connectivity index (χ2v) is 5.63. The molecule has 0 spiro atoms. The van der Waals surface area contributed by atoms with Gasteiger partial charge in [-0.3, -0.25) is 0 Å². The number of benzene rings is 2. The summed E-state index contributed by atoms with van der Waals surface area (Å²) in [5.41, 5.74) is 5.26. The lowest BCUT2D eigenvalue weighted by Gasteiger charge is -2.23. The van der Waals surface area contributed by atoms with Crippen LogP contribution in [0.4, 0.5) is 0 Å². The van der Waals surface area contributed by atoms with Crippen LogP contribution in [0.3, 0.4) is 0 Å². The molecule has 0 aliphatic heterocycles. The molecule has 1 radical (unpaired) electrons. The van der Waals surface area contributed by atoms with E-state index in [0.29, 0.717) is 19.8 Å². The Kier molecular flexibility index (Phi) is 5.44. The van der Waals surface area contributed by atoms with Crippen molar-refractivity contribution in [2.75, 3.05) is 34.0 Å². The summed E-state index contributed by atoms with van der Waals surface area (Å²) in [4.78, 5) is 0. The van der Waals surface area contributed by atoms with Crippen molar-refractivity contribution in [3.05, 3.63) is 65.8 Å². The minimum Gasteiger partial charge on any atom is -0.382 e. The average molecular weight is 311 g/mol. The zero-order chi connectivity index (χ0) is 16.1. The molecule has 1 aliphatic carbocycles. The van der Waals surface area contributed by atoms with Crippen molar-refractivity contribution in [3.63, 3.8) is 0 Å². The fourth-order valence-corrected chi connectivity index (χ4v) is 3.28. The first-order chi connectivity index (χ1) is 11.4. The molecule has 2 aromatic carbocycles. The quantitative estimate of drug-likeness (QED) is 0.689. The number of ether oxygens (including phenoxy) is 3. The molecule has 0 saturated carbocycles. The molecule has 0 unspecified atom stereocenters. The molecule has 3 rings (SSSR count). The molecule has 0 N–H and O–H groups in total. The third-order valence-electron chi connectivity index (χ3n) is 4.34. The van der Waals surface area contributed by atoms with Crippen LogP contribution in [0.2, 0.25) is 0 Å². The molecule has 2 aromatic rings. The summed E-state index contributed by atoms with van der Waals surface area (Å²) in [7, 11) is 3.44. The van der Waals surface area contributed by atoms with Crippen molar-refractivity contribution >= 4 is 0 Å². The highest BCUT2D eigenvalue weighted by atomic mass is 16.5. The molecule has 23 heavy (non-hydrogen) atoms. The van der Waals surface area contributed by atoms with Crippen LogP contribution in [0, 0.1) is 6.10 Å². The van der Waals surface area contributed by atoms with Crippen molar-refractivity contribution < 1.29 is 14.2 Å². The van der Waals surface area contributed by atoms with Crippen LogP contribution in [0.15, 0.2) is 48.5 Å². The standard InChI is InChI=1S/C20H23O3/c1-21-13-14-23-12-11-19(22-2)20-17-9-5-3-7-15(17)16-8-4-6-10-18(16)20/h3-10,20H,11-14H2,1-2H3. The Hall–Kier alpha value is -1.68. The number of methoxy groups -OCH3 is 2. The lowest BCUT2D eigenvalue weighted by atomic mass is 9.89. The molecule has 0 atom stereocenters. The van der Waals surface area contributed by atoms with Crippen molar-refractivity contribution in [1.29, 1.82) is 0 Å². The van der Waals surface area contributed by atoms with Crippen LogP contribution in [-0.4, -0.2) is 34.0 Å². The minimum absolute atomic E-state index is 0.193. The van der Waals surface area contributed by atoms with Gasteiger partial charge in [0.1, 0.15) is 6.10 Å². The van der Waals surface area contributed by atoms with Gasteiger partial charge in [0, 0.05) is 33.2 Å². The molecule has 0 fully saturated rings. The summed E-state index contributed by atoms with van der Waals surface area (Å²) in [6.07, 6.45) is 1.84. The number of rotatable bonds is 8. The van der Waals surface area contributed by atoms with Crippen LogP contribution in [0.5, 0.6) is 0 Å². The minimum atomic E-state index is 0.193. The van der Waals surface area contributed by atoms with Crippen LogP contribution in [0.1, 0.15) is 23.5 Å². The summed E-state index contributed by atoms with van der Waals surface area (Å²) < 4.78 is 16.4. The molecular formula is C20H23O3. The highest BCUT2D eigenvalue weighted by molar-refractivity contribution is 5.79. The summed E-state index contributed by atoms with van der Waals surface area (Å²) >= 11 is 0. The second kappa shape index (κ2) is 7.73. The molecular weight excluding hydrogens is 288 g/mol.